The molecule has 0 N–H and O–H groups in total. The van der Waals surface area contributed by atoms with Crippen molar-refractivity contribution in [2.45, 2.75) is 64.0 Å². The highest BCUT2D eigenvalue weighted by Crippen LogP contribution is 2.37. The molecule has 1 amide bonds. The lowest BCUT2D eigenvalue weighted by Crippen LogP contribution is -2.39. The average Bonchev–Trinajstić information content (AvgIpc) is 3.66. The summed E-state index contributed by atoms with van der Waals surface area (Å²) in [5.41, 5.74) is 5.54. The van der Waals surface area contributed by atoms with Crippen LogP contribution < -0.4 is 0 Å². The lowest BCUT2D eigenvalue weighted by molar-refractivity contribution is 0.0270. The van der Waals surface area contributed by atoms with Gasteiger partial charge in [-0.15, -0.1) is 5.10 Å². The number of aryl methyl sites for hydroxylation is 1. The number of hydrogen-bond donors (Lipinski definition) is 0. The summed E-state index contributed by atoms with van der Waals surface area (Å²) in [5, 5.41) is 9.58. The first-order valence-electron chi connectivity index (χ1n) is 16.4. The predicted octanol–water partition coefficient (Wildman–Crippen LogP) is 6.44. The molecule has 0 bridgehead atoms. The van der Waals surface area contributed by atoms with E-state index in [4.69, 9.17) is 9.47 Å². The van der Waals surface area contributed by atoms with E-state index in [1.165, 1.54) is 3.97 Å². The molecule has 0 saturated carbocycles. The number of hydrogen-bond acceptors (Lipinski definition) is 8. The van der Waals surface area contributed by atoms with Gasteiger partial charge in [-0.1, -0.05) is 35.1 Å². The molecule has 12 heteroatoms. The van der Waals surface area contributed by atoms with Crippen LogP contribution in [0.4, 0.5) is 4.79 Å². The molecule has 1 saturated heterocycles. The average molecular weight is 669 g/mol. The van der Waals surface area contributed by atoms with Gasteiger partial charge in [-0.3, -0.25) is 0 Å². The molecule has 7 rings (SSSR count). The Kier molecular flexibility index (Phi) is 8.32. The van der Waals surface area contributed by atoms with Crippen LogP contribution in [0.25, 0.3) is 38.8 Å². The van der Waals surface area contributed by atoms with Crippen LogP contribution in [0.3, 0.4) is 0 Å². The Balaban J connectivity index is 1.33. The van der Waals surface area contributed by atoms with Gasteiger partial charge in [0.1, 0.15) is 11.1 Å². The molecule has 0 atom stereocenters. The summed E-state index contributed by atoms with van der Waals surface area (Å²) >= 11 is 0. The third-order valence-electron chi connectivity index (χ3n) is 9.01. The third-order valence-corrected chi connectivity index (χ3v) is 10.7. The maximum atomic E-state index is 14.4. The molecule has 2 aliphatic heterocycles. The number of fused-ring (bicyclic) bond motifs is 2. The molecule has 5 aromatic rings. The zero-order valence-corrected chi connectivity index (χ0v) is 28.5. The van der Waals surface area contributed by atoms with Crippen molar-refractivity contribution in [1.29, 1.82) is 0 Å². The van der Waals surface area contributed by atoms with Crippen molar-refractivity contribution in [1.82, 2.24) is 28.9 Å². The van der Waals surface area contributed by atoms with Gasteiger partial charge in [-0.25, -0.2) is 26.9 Å². The monoisotopic (exact) mass is 668 g/mol. The van der Waals surface area contributed by atoms with E-state index in [0.29, 0.717) is 42.2 Å². The molecule has 0 unspecified atom stereocenters. The van der Waals surface area contributed by atoms with Gasteiger partial charge in [0, 0.05) is 44.4 Å². The standard InChI is InChI=1S/C36H40N6O5S/c1-24-5-8-28(9-6-24)48(44,45)42-32(26-12-17-40(18-13-26)35(43)47-36(2,3)4)22-30-29(11-16-37-34(30)42)27-7-10-31-33(21-27)41(39-38-31)23-25-14-19-46-20-15-25/h5-12,16,21-22,25H,13-15,17-20,23H2,1-4H3. The number of amides is 1. The number of benzene rings is 2. The quantitative estimate of drug-likeness (QED) is 0.203. The van der Waals surface area contributed by atoms with Gasteiger partial charge < -0.3 is 14.4 Å². The van der Waals surface area contributed by atoms with Crippen LogP contribution in [-0.4, -0.2) is 75.3 Å². The number of pyridine rings is 1. The highest BCUT2D eigenvalue weighted by atomic mass is 32.2. The van der Waals surface area contributed by atoms with Crippen molar-refractivity contribution >= 4 is 43.8 Å². The highest BCUT2D eigenvalue weighted by Gasteiger charge is 2.30. The minimum absolute atomic E-state index is 0.176. The van der Waals surface area contributed by atoms with E-state index >= 15 is 0 Å². The minimum Gasteiger partial charge on any atom is -0.444 e. The topological polar surface area (TPSA) is 121 Å². The Morgan fingerprint density at radius 2 is 1.81 bits per heavy atom. The normalized spacial score (nSPS) is 16.4. The van der Waals surface area contributed by atoms with Crippen molar-refractivity contribution in [3.63, 3.8) is 0 Å². The Morgan fingerprint density at radius 1 is 1.04 bits per heavy atom. The Hall–Kier alpha value is -4.55. The molecule has 1 fully saturated rings. The highest BCUT2D eigenvalue weighted by molar-refractivity contribution is 7.90. The lowest BCUT2D eigenvalue weighted by Gasteiger charge is -2.29. The van der Waals surface area contributed by atoms with Crippen LogP contribution >= 0.6 is 0 Å². The van der Waals surface area contributed by atoms with E-state index in [1.54, 1.807) is 35.4 Å². The molecule has 2 aromatic carbocycles. The Labute approximate surface area is 280 Å². The fourth-order valence-corrected chi connectivity index (χ4v) is 7.94. The van der Waals surface area contributed by atoms with Crippen molar-refractivity contribution in [2.75, 3.05) is 26.3 Å². The number of nitrogens with zero attached hydrogens (tertiary/aromatic N) is 6. The fraction of sp³-hybridized carbons (Fsp3) is 0.389. The number of carbonyl (C=O) groups is 1. The van der Waals surface area contributed by atoms with E-state index < -0.39 is 21.7 Å². The van der Waals surface area contributed by atoms with Crippen molar-refractivity contribution in [3.8, 4) is 11.1 Å². The van der Waals surface area contributed by atoms with Gasteiger partial charge in [0.15, 0.2) is 5.65 Å². The van der Waals surface area contributed by atoms with Crippen molar-refractivity contribution in [3.05, 3.63) is 78.1 Å². The van der Waals surface area contributed by atoms with Crippen molar-refractivity contribution < 1.29 is 22.7 Å². The van der Waals surface area contributed by atoms with Gasteiger partial charge >= 0.3 is 6.09 Å². The molecular weight excluding hydrogens is 629 g/mol. The second-order valence-electron chi connectivity index (χ2n) is 13.6. The van der Waals surface area contributed by atoms with E-state index in [0.717, 1.165) is 65.9 Å². The van der Waals surface area contributed by atoms with Crippen LogP contribution in [0.15, 0.2) is 71.8 Å². The third kappa shape index (κ3) is 6.22. The van der Waals surface area contributed by atoms with Crippen LogP contribution in [0.1, 0.15) is 51.3 Å². The first kappa shape index (κ1) is 32.0. The van der Waals surface area contributed by atoms with Crippen LogP contribution in [0.2, 0.25) is 0 Å². The van der Waals surface area contributed by atoms with Gasteiger partial charge in [-0.05, 0) is 106 Å². The molecule has 2 aliphatic rings. The predicted molar refractivity (Wildman–Crippen MR) is 184 cm³/mol. The summed E-state index contributed by atoms with van der Waals surface area (Å²) in [6, 6.07) is 16.7. The number of ether oxygens (including phenoxy) is 2. The van der Waals surface area contributed by atoms with Crippen LogP contribution in [-0.2, 0) is 26.0 Å². The molecule has 3 aromatic heterocycles. The summed E-state index contributed by atoms with van der Waals surface area (Å²) in [4.78, 5) is 19.3. The van der Waals surface area contributed by atoms with Crippen LogP contribution in [0, 0.1) is 12.8 Å². The second-order valence-corrected chi connectivity index (χ2v) is 15.4. The maximum Gasteiger partial charge on any atom is 0.410 e. The second kappa shape index (κ2) is 12.5. The SMILES string of the molecule is Cc1ccc(S(=O)(=O)n2c(C3=CCN(C(=O)OC(C)(C)C)CC3)cc3c(-c4ccc5nnn(CC6CCOCC6)c5c4)ccnc32)cc1. The lowest BCUT2D eigenvalue weighted by atomic mass is 10.00. The molecule has 5 heterocycles. The summed E-state index contributed by atoms with van der Waals surface area (Å²) in [7, 11) is -4.05. The van der Waals surface area contributed by atoms with Gasteiger partial charge in [0.05, 0.1) is 16.1 Å². The van der Waals surface area contributed by atoms with Gasteiger partial charge in [-0.2, -0.15) is 0 Å². The van der Waals surface area contributed by atoms with E-state index in [1.807, 2.05) is 62.7 Å². The largest absolute Gasteiger partial charge is 0.444 e. The van der Waals surface area contributed by atoms with E-state index in [2.05, 4.69) is 21.4 Å². The molecule has 0 radical (unpaired) electrons. The first-order valence-corrected chi connectivity index (χ1v) is 17.8. The summed E-state index contributed by atoms with van der Waals surface area (Å²) in [5.74, 6) is 0.471. The fourth-order valence-electron chi connectivity index (χ4n) is 6.44. The molecular formula is C36H40N6O5S. The smallest absolute Gasteiger partial charge is 0.410 e. The number of carbonyl (C=O) groups excluding carboxylic acids is 1. The molecule has 0 aliphatic carbocycles. The minimum atomic E-state index is -4.05. The Bertz CT molecular complexity index is 2140. The first-order chi connectivity index (χ1) is 23.0. The van der Waals surface area contributed by atoms with Crippen molar-refractivity contribution in [2.24, 2.45) is 5.92 Å². The number of rotatable bonds is 6. The zero-order chi connectivity index (χ0) is 33.6. The van der Waals surface area contributed by atoms with E-state index in [-0.39, 0.29) is 4.90 Å². The van der Waals surface area contributed by atoms with Gasteiger partial charge in [0.2, 0.25) is 0 Å². The molecule has 250 valence electrons. The number of aromatic nitrogens is 5. The zero-order valence-electron chi connectivity index (χ0n) is 27.7. The van der Waals surface area contributed by atoms with Gasteiger partial charge in [0.25, 0.3) is 10.0 Å². The molecule has 0 spiro atoms. The maximum absolute atomic E-state index is 14.4. The van der Waals surface area contributed by atoms with E-state index in [9.17, 15) is 13.2 Å². The summed E-state index contributed by atoms with van der Waals surface area (Å²) in [6.45, 7) is 10.4. The summed E-state index contributed by atoms with van der Waals surface area (Å²) < 4.78 is 43.3. The van der Waals surface area contributed by atoms with Crippen LogP contribution in [0.5, 0.6) is 0 Å². The molecule has 48 heavy (non-hydrogen) atoms. The Morgan fingerprint density at radius 3 is 2.52 bits per heavy atom. The molecule has 11 nitrogen and oxygen atoms in total. The summed E-state index contributed by atoms with van der Waals surface area (Å²) in [6.07, 6.45) is 5.61.